The van der Waals surface area contributed by atoms with Gasteiger partial charge in [-0.2, -0.15) is 5.10 Å². The molecular formula is C24H27F2N5S2. The maximum absolute atomic E-state index is 14.8. The summed E-state index contributed by atoms with van der Waals surface area (Å²) in [5.74, 6) is -0.978. The summed E-state index contributed by atoms with van der Waals surface area (Å²) in [5, 5.41) is 15.2. The Labute approximate surface area is 201 Å². The molecule has 0 aliphatic carbocycles. The SMILES string of the molecule is CC12CCCCN1N=C(N1N=C(c3cc(F)ccc3F)SC1(CCCN)c1ccccc1)S2. The molecule has 0 aromatic heterocycles. The topological polar surface area (TPSA) is 57.2 Å². The van der Waals surface area contributed by atoms with Gasteiger partial charge in [0, 0.05) is 12.1 Å². The molecule has 33 heavy (non-hydrogen) atoms. The number of nitrogens with zero attached hydrogens (tertiary/aromatic N) is 4. The summed E-state index contributed by atoms with van der Waals surface area (Å²) >= 11 is 3.17. The number of piperidine rings is 1. The van der Waals surface area contributed by atoms with Gasteiger partial charge in [0.05, 0.1) is 0 Å². The van der Waals surface area contributed by atoms with E-state index >= 15 is 0 Å². The molecule has 174 valence electrons. The molecule has 1 saturated heterocycles. The van der Waals surface area contributed by atoms with Crippen molar-refractivity contribution in [1.82, 2.24) is 10.0 Å². The number of hydrazone groups is 2. The van der Waals surface area contributed by atoms with E-state index in [0.29, 0.717) is 18.0 Å². The van der Waals surface area contributed by atoms with Gasteiger partial charge in [0.25, 0.3) is 0 Å². The standard InChI is InChI=1S/C24H27F2N5S2/c1-23-12-5-6-15-30(23)29-22(33-23)31-24(13-7-14-27,17-8-3-2-4-9-17)32-21(28-31)19-16-18(25)10-11-20(19)26/h2-4,8-11,16H,5-7,12-15,27H2,1H3. The molecule has 0 bridgehead atoms. The lowest BCUT2D eigenvalue weighted by molar-refractivity contribution is 0.145. The highest BCUT2D eigenvalue weighted by atomic mass is 32.2. The first-order valence-corrected chi connectivity index (χ1v) is 12.9. The second-order valence-corrected chi connectivity index (χ2v) is 11.4. The fourth-order valence-corrected chi connectivity index (χ4v) is 7.41. The van der Waals surface area contributed by atoms with E-state index < -0.39 is 16.5 Å². The van der Waals surface area contributed by atoms with Gasteiger partial charge in [0.15, 0.2) is 0 Å². The summed E-state index contributed by atoms with van der Waals surface area (Å²) in [5.41, 5.74) is 7.14. The van der Waals surface area contributed by atoms with E-state index in [2.05, 4.69) is 24.1 Å². The van der Waals surface area contributed by atoms with Crippen molar-refractivity contribution in [2.75, 3.05) is 13.1 Å². The molecule has 2 N–H and O–H groups in total. The molecule has 0 spiro atoms. The molecule has 0 radical (unpaired) electrons. The molecule has 1 fully saturated rings. The van der Waals surface area contributed by atoms with Gasteiger partial charge in [-0.15, -0.1) is 5.10 Å². The summed E-state index contributed by atoms with van der Waals surface area (Å²) in [4.78, 5) is -0.761. The normalized spacial score (nSPS) is 26.9. The van der Waals surface area contributed by atoms with Crippen LogP contribution in [-0.4, -0.2) is 38.2 Å². The largest absolute Gasteiger partial charge is 0.330 e. The molecule has 2 aromatic carbocycles. The number of hydrogen-bond acceptors (Lipinski definition) is 7. The van der Waals surface area contributed by atoms with Crippen LogP contribution in [0.1, 0.15) is 50.2 Å². The number of rotatable bonds is 5. The van der Waals surface area contributed by atoms with E-state index in [4.69, 9.17) is 15.9 Å². The summed E-state index contributed by atoms with van der Waals surface area (Å²) in [6.45, 7) is 3.65. The molecular weight excluding hydrogens is 460 g/mol. The maximum Gasteiger partial charge on any atom is 0.207 e. The molecule has 0 saturated carbocycles. The molecule has 3 aliphatic heterocycles. The monoisotopic (exact) mass is 487 g/mol. The van der Waals surface area contributed by atoms with Gasteiger partial charge in [0.1, 0.15) is 26.4 Å². The Balaban J connectivity index is 1.63. The van der Waals surface area contributed by atoms with Gasteiger partial charge in [-0.3, -0.25) is 5.01 Å². The third-order valence-electron chi connectivity index (χ3n) is 6.41. The fraction of sp³-hybridized carbons (Fsp3) is 0.417. The zero-order valence-corrected chi connectivity index (χ0v) is 20.1. The van der Waals surface area contributed by atoms with Crippen molar-refractivity contribution in [2.45, 2.75) is 48.8 Å². The van der Waals surface area contributed by atoms with Crippen LogP contribution in [0.4, 0.5) is 8.78 Å². The van der Waals surface area contributed by atoms with E-state index in [9.17, 15) is 8.78 Å². The van der Waals surface area contributed by atoms with Crippen molar-refractivity contribution in [2.24, 2.45) is 15.9 Å². The molecule has 2 aromatic rings. The van der Waals surface area contributed by atoms with E-state index in [1.165, 1.54) is 17.8 Å². The summed E-state index contributed by atoms with van der Waals surface area (Å²) in [6, 6.07) is 13.6. The Morgan fingerprint density at radius 3 is 2.64 bits per heavy atom. The summed E-state index contributed by atoms with van der Waals surface area (Å²) in [6.07, 6.45) is 4.77. The molecule has 9 heteroatoms. The lowest BCUT2D eigenvalue weighted by atomic mass is 10.0. The van der Waals surface area contributed by atoms with Gasteiger partial charge in [-0.25, -0.2) is 13.8 Å². The number of thioether (sulfide) groups is 2. The molecule has 5 nitrogen and oxygen atoms in total. The average Bonchev–Trinajstić information content (AvgIpc) is 3.38. The quantitative estimate of drug-likeness (QED) is 0.605. The van der Waals surface area contributed by atoms with Crippen molar-refractivity contribution >= 4 is 33.7 Å². The smallest absolute Gasteiger partial charge is 0.207 e. The highest BCUT2D eigenvalue weighted by Gasteiger charge is 2.52. The minimum atomic E-state index is -0.647. The number of nitrogens with two attached hydrogens (primary N) is 1. The number of fused-ring (bicyclic) bond motifs is 1. The van der Waals surface area contributed by atoms with Gasteiger partial charge >= 0.3 is 0 Å². The lowest BCUT2D eigenvalue weighted by Crippen LogP contribution is -2.41. The Bertz CT molecular complexity index is 1100. The Morgan fingerprint density at radius 2 is 1.88 bits per heavy atom. The molecule has 3 heterocycles. The number of benzene rings is 2. The fourth-order valence-electron chi connectivity index (χ4n) is 4.63. The van der Waals surface area contributed by atoms with Crippen molar-refractivity contribution in [1.29, 1.82) is 0 Å². The van der Waals surface area contributed by atoms with Crippen LogP contribution in [0.3, 0.4) is 0 Å². The first kappa shape index (κ1) is 22.7. The predicted octanol–water partition coefficient (Wildman–Crippen LogP) is 5.49. The Kier molecular flexibility index (Phi) is 6.13. The minimum Gasteiger partial charge on any atom is -0.330 e. The second-order valence-electron chi connectivity index (χ2n) is 8.73. The van der Waals surface area contributed by atoms with Crippen LogP contribution >= 0.6 is 23.5 Å². The first-order valence-electron chi connectivity index (χ1n) is 11.3. The van der Waals surface area contributed by atoms with E-state index in [1.54, 1.807) is 11.8 Å². The van der Waals surface area contributed by atoms with Crippen LogP contribution < -0.4 is 5.73 Å². The maximum atomic E-state index is 14.8. The summed E-state index contributed by atoms with van der Waals surface area (Å²) < 4.78 is 28.9. The minimum absolute atomic E-state index is 0.114. The van der Waals surface area contributed by atoms with E-state index in [-0.39, 0.29) is 10.4 Å². The van der Waals surface area contributed by atoms with Gasteiger partial charge in [-0.05, 0) is 69.3 Å². The number of amidine groups is 1. The van der Waals surface area contributed by atoms with Gasteiger partial charge in [0.2, 0.25) is 5.17 Å². The zero-order chi connectivity index (χ0) is 23.1. The van der Waals surface area contributed by atoms with Crippen molar-refractivity contribution in [3.05, 3.63) is 71.3 Å². The van der Waals surface area contributed by atoms with Gasteiger partial charge < -0.3 is 5.73 Å². The van der Waals surface area contributed by atoms with Crippen molar-refractivity contribution < 1.29 is 8.78 Å². The van der Waals surface area contributed by atoms with Crippen LogP contribution in [0.5, 0.6) is 0 Å². The number of hydrogen-bond donors (Lipinski definition) is 1. The highest BCUT2D eigenvalue weighted by molar-refractivity contribution is 8.16. The van der Waals surface area contributed by atoms with Crippen LogP contribution in [0.25, 0.3) is 0 Å². The van der Waals surface area contributed by atoms with E-state index in [1.807, 2.05) is 23.2 Å². The van der Waals surface area contributed by atoms with Crippen LogP contribution in [0.15, 0.2) is 58.7 Å². The van der Waals surface area contributed by atoms with Crippen LogP contribution in [0, 0.1) is 11.6 Å². The van der Waals surface area contributed by atoms with Crippen molar-refractivity contribution in [3.63, 3.8) is 0 Å². The van der Waals surface area contributed by atoms with Crippen molar-refractivity contribution in [3.8, 4) is 0 Å². The third kappa shape index (κ3) is 4.04. The van der Waals surface area contributed by atoms with Gasteiger partial charge in [-0.1, -0.05) is 53.9 Å². The third-order valence-corrected chi connectivity index (χ3v) is 9.14. The molecule has 5 rings (SSSR count). The molecule has 3 aliphatic rings. The van der Waals surface area contributed by atoms with Crippen LogP contribution in [-0.2, 0) is 4.87 Å². The summed E-state index contributed by atoms with van der Waals surface area (Å²) in [7, 11) is 0. The number of halogens is 2. The average molecular weight is 488 g/mol. The predicted molar refractivity (Wildman–Crippen MR) is 133 cm³/mol. The Morgan fingerprint density at radius 1 is 1.06 bits per heavy atom. The lowest BCUT2D eigenvalue weighted by Gasteiger charge is -2.38. The van der Waals surface area contributed by atoms with Crippen LogP contribution in [0.2, 0.25) is 0 Å². The molecule has 2 atom stereocenters. The zero-order valence-electron chi connectivity index (χ0n) is 18.5. The highest BCUT2D eigenvalue weighted by Crippen LogP contribution is 2.54. The second kappa shape index (κ2) is 8.92. The Hall–Kier alpha value is -2.10. The molecule has 0 amide bonds. The first-order chi connectivity index (χ1) is 15.9. The molecule has 2 unspecified atom stereocenters. The van der Waals surface area contributed by atoms with E-state index in [0.717, 1.165) is 55.1 Å².